The number of anilines is 1. The van der Waals surface area contributed by atoms with Gasteiger partial charge in [-0.05, 0) is 24.6 Å². The van der Waals surface area contributed by atoms with Crippen LogP contribution in [0.15, 0.2) is 58.6 Å². The third-order valence-electron chi connectivity index (χ3n) is 4.94. The highest BCUT2D eigenvalue weighted by molar-refractivity contribution is 7.99. The zero-order valence-electron chi connectivity index (χ0n) is 17.4. The quantitative estimate of drug-likeness (QED) is 0.506. The number of hydrogen-bond donors (Lipinski definition) is 2. The van der Waals surface area contributed by atoms with Crippen LogP contribution in [0.3, 0.4) is 0 Å². The van der Waals surface area contributed by atoms with Gasteiger partial charge in [0.05, 0.1) is 23.9 Å². The number of rotatable bonds is 7. The second-order valence-electron chi connectivity index (χ2n) is 7.16. The predicted molar refractivity (Wildman–Crippen MR) is 122 cm³/mol. The number of aromatic amines is 1. The Morgan fingerprint density at radius 2 is 1.94 bits per heavy atom. The lowest BCUT2D eigenvalue weighted by molar-refractivity contribution is -0.113. The van der Waals surface area contributed by atoms with Gasteiger partial charge in [0.2, 0.25) is 21.1 Å². The first-order valence-electron chi connectivity index (χ1n) is 10.0. The minimum Gasteiger partial charge on any atom is -0.379 e. The number of carbonyl (C=O) groups excluding carboxylic acids is 1. The number of thioether (sulfide) groups is 1. The Kier molecular flexibility index (Phi) is 6.89. The lowest BCUT2D eigenvalue weighted by Gasteiger charge is -2.26. The number of hydrogen-bond acceptors (Lipinski definition) is 7. The molecule has 0 spiro atoms. The molecule has 0 bridgehead atoms. The summed E-state index contributed by atoms with van der Waals surface area (Å²) >= 11 is 1.20. The maximum atomic E-state index is 12.9. The monoisotopic (exact) mass is 473 g/mol. The van der Waals surface area contributed by atoms with Crippen LogP contribution in [0.5, 0.6) is 0 Å². The van der Waals surface area contributed by atoms with Crippen molar-refractivity contribution in [2.45, 2.75) is 17.0 Å². The molecule has 2 aromatic carbocycles. The van der Waals surface area contributed by atoms with Crippen LogP contribution in [0.4, 0.5) is 5.69 Å². The van der Waals surface area contributed by atoms with Crippen molar-refractivity contribution in [3.8, 4) is 11.4 Å². The number of benzene rings is 2. The molecule has 0 radical (unpaired) electrons. The molecule has 32 heavy (non-hydrogen) atoms. The molecule has 168 valence electrons. The molecular formula is C21H23N5O4S2. The minimum atomic E-state index is -3.64. The first-order chi connectivity index (χ1) is 15.4. The van der Waals surface area contributed by atoms with E-state index in [4.69, 9.17) is 4.74 Å². The number of nitrogens with zero attached hydrogens (tertiary/aromatic N) is 3. The van der Waals surface area contributed by atoms with E-state index in [1.165, 1.54) is 22.1 Å². The lowest BCUT2D eigenvalue weighted by atomic mass is 10.2. The first-order valence-corrected chi connectivity index (χ1v) is 12.4. The highest BCUT2D eigenvalue weighted by atomic mass is 32.2. The lowest BCUT2D eigenvalue weighted by Crippen LogP contribution is -2.40. The van der Waals surface area contributed by atoms with Crippen LogP contribution in [0.25, 0.3) is 11.4 Å². The number of aromatic nitrogens is 3. The van der Waals surface area contributed by atoms with Gasteiger partial charge >= 0.3 is 0 Å². The van der Waals surface area contributed by atoms with Gasteiger partial charge in [-0.2, -0.15) is 4.31 Å². The smallest absolute Gasteiger partial charge is 0.243 e. The Morgan fingerprint density at radius 1 is 1.19 bits per heavy atom. The van der Waals surface area contributed by atoms with Crippen LogP contribution >= 0.6 is 11.8 Å². The Labute approximate surface area is 190 Å². The van der Waals surface area contributed by atoms with Crippen molar-refractivity contribution in [3.05, 3.63) is 54.1 Å². The number of aryl methyl sites for hydroxylation is 1. The first kappa shape index (κ1) is 22.5. The molecule has 1 amide bonds. The third kappa shape index (κ3) is 5.18. The normalized spacial score (nSPS) is 14.9. The largest absolute Gasteiger partial charge is 0.379 e. The number of sulfonamides is 1. The van der Waals surface area contributed by atoms with E-state index in [1.807, 2.05) is 37.3 Å². The van der Waals surface area contributed by atoms with Crippen molar-refractivity contribution in [1.82, 2.24) is 19.5 Å². The van der Waals surface area contributed by atoms with Crippen LogP contribution in [0, 0.1) is 6.92 Å². The van der Waals surface area contributed by atoms with E-state index in [0.717, 1.165) is 11.1 Å². The fourth-order valence-corrected chi connectivity index (χ4v) is 5.22. The molecule has 1 aliphatic rings. The highest BCUT2D eigenvalue weighted by Gasteiger charge is 2.27. The van der Waals surface area contributed by atoms with Crippen molar-refractivity contribution in [3.63, 3.8) is 0 Å². The molecular weight excluding hydrogens is 450 g/mol. The van der Waals surface area contributed by atoms with Crippen LogP contribution in [0.2, 0.25) is 0 Å². The topological polar surface area (TPSA) is 117 Å². The second kappa shape index (κ2) is 9.82. The highest BCUT2D eigenvalue weighted by Crippen LogP contribution is 2.24. The Morgan fingerprint density at radius 3 is 2.69 bits per heavy atom. The zero-order chi connectivity index (χ0) is 22.6. The SMILES string of the molecule is Cc1ccc(S(=O)(=O)N2CCOCC2)cc1NC(=O)CSc1n[nH]c(-c2ccccc2)n1. The Bertz CT molecular complexity index is 1190. The maximum Gasteiger partial charge on any atom is 0.243 e. The molecule has 1 aromatic heterocycles. The summed E-state index contributed by atoms with van der Waals surface area (Å²) in [6.45, 7) is 3.19. The molecule has 0 atom stereocenters. The number of carbonyl (C=O) groups is 1. The van der Waals surface area contributed by atoms with Gasteiger partial charge < -0.3 is 10.1 Å². The van der Waals surface area contributed by atoms with E-state index >= 15 is 0 Å². The van der Waals surface area contributed by atoms with Crippen LogP contribution in [0.1, 0.15) is 5.56 Å². The van der Waals surface area contributed by atoms with Crippen LogP contribution in [-0.2, 0) is 19.6 Å². The fourth-order valence-electron chi connectivity index (χ4n) is 3.18. The van der Waals surface area contributed by atoms with E-state index in [-0.39, 0.29) is 16.6 Å². The Hall–Kier alpha value is -2.73. The summed E-state index contributed by atoms with van der Waals surface area (Å²) in [5.41, 5.74) is 2.14. The molecule has 1 fully saturated rings. The molecule has 2 heterocycles. The zero-order valence-corrected chi connectivity index (χ0v) is 19.1. The number of amides is 1. The molecule has 4 rings (SSSR count). The van der Waals surface area contributed by atoms with Gasteiger partial charge in [-0.1, -0.05) is 48.2 Å². The van der Waals surface area contributed by atoms with Crippen molar-refractivity contribution >= 4 is 33.4 Å². The molecule has 11 heteroatoms. The van der Waals surface area contributed by atoms with Crippen molar-refractivity contribution in [2.24, 2.45) is 0 Å². The third-order valence-corrected chi connectivity index (χ3v) is 7.68. The number of ether oxygens (including phenoxy) is 1. The van der Waals surface area contributed by atoms with Gasteiger partial charge in [0, 0.05) is 24.3 Å². The minimum absolute atomic E-state index is 0.0893. The van der Waals surface area contributed by atoms with Crippen LogP contribution < -0.4 is 5.32 Å². The molecule has 0 saturated carbocycles. The average Bonchev–Trinajstić information content (AvgIpc) is 3.29. The second-order valence-corrected chi connectivity index (χ2v) is 10.0. The molecule has 1 saturated heterocycles. The Balaban J connectivity index is 1.40. The summed E-state index contributed by atoms with van der Waals surface area (Å²) < 4.78 is 32.4. The van der Waals surface area contributed by atoms with Crippen LogP contribution in [-0.4, -0.2) is 65.9 Å². The number of nitrogens with one attached hydrogen (secondary N) is 2. The van der Waals surface area contributed by atoms with Crippen molar-refractivity contribution in [2.75, 3.05) is 37.4 Å². The number of morpholine rings is 1. The average molecular weight is 474 g/mol. The van der Waals surface area contributed by atoms with Gasteiger partial charge in [-0.3, -0.25) is 9.89 Å². The molecule has 9 nitrogen and oxygen atoms in total. The van der Waals surface area contributed by atoms with Gasteiger partial charge in [0.25, 0.3) is 0 Å². The van der Waals surface area contributed by atoms with Gasteiger partial charge in [0.15, 0.2) is 5.82 Å². The van der Waals surface area contributed by atoms with E-state index in [0.29, 0.717) is 43.0 Å². The van der Waals surface area contributed by atoms with Gasteiger partial charge in [-0.15, -0.1) is 5.10 Å². The summed E-state index contributed by atoms with van der Waals surface area (Å²) in [6, 6.07) is 14.3. The molecule has 3 aromatic rings. The number of H-pyrrole nitrogens is 1. The van der Waals surface area contributed by atoms with E-state index in [1.54, 1.807) is 12.1 Å². The molecule has 1 aliphatic heterocycles. The van der Waals surface area contributed by atoms with Gasteiger partial charge in [-0.25, -0.2) is 13.4 Å². The summed E-state index contributed by atoms with van der Waals surface area (Å²) in [5.74, 6) is 0.446. The fraction of sp³-hybridized carbons (Fsp3) is 0.286. The van der Waals surface area contributed by atoms with E-state index < -0.39 is 10.0 Å². The standard InChI is InChI=1S/C21H23N5O4S2/c1-15-7-8-17(32(28,29)26-9-11-30-12-10-26)13-18(15)22-19(27)14-31-21-23-20(24-25-21)16-5-3-2-4-6-16/h2-8,13H,9-12,14H2,1H3,(H,22,27)(H,23,24,25). The molecule has 0 aliphatic carbocycles. The summed E-state index contributed by atoms with van der Waals surface area (Å²) in [6.07, 6.45) is 0. The summed E-state index contributed by atoms with van der Waals surface area (Å²) in [7, 11) is -3.64. The van der Waals surface area contributed by atoms with Crippen molar-refractivity contribution < 1.29 is 17.9 Å². The predicted octanol–water partition coefficient (Wildman–Crippen LogP) is 2.53. The maximum absolute atomic E-state index is 12.9. The summed E-state index contributed by atoms with van der Waals surface area (Å²) in [4.78, 5) is 17.0. The van der Waals surface area contributed by atoms with Gasteiger partial charge in [0.1, 0.15) is 0 Å². The van der Waals surface area contributed by atoms with E-state index in [9.17, 15) is 13.2 Å². The summed E-state index contributed by atoms with van der Waals surface area (Å²) in [5, 5.41) is 10.3. The molecule has 0 unspecified atom stereocenters. The van der Waals surface area contributed by atoms with E-state index in [2.05, 4.69) is 20.5 Å². The molecule has 2 N–H and O–H groups in total. The van der Waals surface area contributed by atoms with Crippen molar-refractivity contribution in [1.29, 1.82) is 0 Å².